The van der Waals surface area contributed by atoms with Gasteiger partial charge in [0.2, 0.25) is 5.91 Å². The van der Waals surface area contributed by atoms with E-state index in [9.17, 15) is 4.79 Å². The van der Waals surface area contributed by atoms with Crippen molar-refractivity contribution < 1.29 is 9.53 Å². The molecule has 1 aliphatic carbocycles. The number of rotatable bonds is 4. The third-order valence-electron chi connectivity index (χ3n) is 3.91. The van der Waals surface area contributed by atoms with Gasteiger partial charge in [-0.25, -0.2) is 0 Å². The van der Waals surface area contributed by atoms with Gasteiger partial charge in [0, 0.05) is 10.7 Å². The van der Waals surface area contributed by atoms with Crippen molar-refractivity contribution in [2.24, 2.45) is 0 Å². The van der Waals surface area contributed by atoms with Gasteiger partial charge in [-0.15, -0.1) is 0 Å². The predicted molar refractivity (Wildman–Crippen MR) is 84.0 cm³/mol. The molecular formula is C17H16ClNO2. The van der Waals surface area contributed by atoms with Gasteiger partial charge >= 0.3 is 0 Å². The lowest BCUT2D eigenvalue weighted by Gasteiger charge is -2.16. The SMILES string of the molecule is COc1ccc(NC(=O)C2(c3cccc(Cl)c3)CC2)cc1. The molecule has 3 rings (SSSR count). The maximum absolute atomic E-state index is 12.6. The summed E-state index contributed by atoms with van der Waals surface area (Å²) in [5.41, 5.74) is 1.33. The minimum Gasteiger partial charge on any atom is -0.497 e. The third-order valence-corrected chi connectivity index (χ3v) is 4.14. The Labute approximate surface area is 128 Å². The van der Waals surface area contributed by atoms with E-state index in [2.05, 4.69) is 5.32 Å². The highest BCUT2D eigenvalue weighted by Gasteiger charge is 2.51. The number of anilines is 1. The average molecular weight is 302 g/mol. The molecule has 108 valence electrons. The number of carbonyl (C=O) groups excluding carboxylic acids is 1. The van der Waals surface area contributed by atoms with Gasteiger partial charge in [0.05, 0.1) is 12.5 Å². The fourth-order valence-corrected chi connectivity index (χ4v) is 2.67. The van der Waals surface area contributed by atoms with Gasteiger partial charge in [0.15, 0.2) is 0 Å². The first-order valence-corrected chi connectivity index (χ1v) is 7.23. The summed E-state index contributed by atoms with van der Waals surface area (Å²) in [6, 6.07) is 14.9. The summed E-state index contributed by atoms with van der Waals surface area (Å²) < 4.78 is 5.11. The maximum atomic E-state index is 12.6. The molecule has 0 bridgehead atoms. The van der Waals surface area contributed by atoms with Crippen LogP contribution in [0.1, 0.15) is 18.4 Å². The van der Waals surface area contributed by atoms with Crippen molar-refractivity contribution in [3.05, 3.63) is 59.1 Å². The maximum Gasteiger partial charge on any atom is 0.235 e. The normalized spacial score (nSPS) is 15.3. The van der Waals surface area contributed by atoms with Crippen LogP contribution in [0.25, 0.3) is 0 Å². The van der Waals surface area contributed by atoms with Gasteiger partial charge in [0.25, 0.3) is 0 Å². The van der Waals surface area contributed by atoms with E-state index in [-0.39, 0.29) is 5.91 Å². The molecule has 21 heavy (non-hydrogen) atoms. The fourth-order valence-electron chi connectivity index (χ4n) is 2.48. The van der Waals surface area contributed by atoms with E-state index in [1.807, 2.05) is 48.5 Å². The fraction of sp³-hybridized carbons (Fsp3) is 0.235. The molecule has 0 aliphatic heterocycles. The van der Waals surface area contributed by atoms with Crippen molar-refractivity contribution in [1.82, 2.24) is 0 Å². The van der Waals surface area contributed by atoms with Crippen molar-refractivity contribution in [2.45, 2.75) is 18.3 Å². The molecule has 1 N–H and O–H groups in total. The Bertz CT molecular complexity index is 663. The molecule has 1 fully saturated rings. The molecule has 1 amide bonds. The van der Waals surface area contributed by atoms with Gasteiger partial charge in [0.1, 0.15) is 5.75 Å². The lowest BCUT2D eigenvalue weighted by molar-refractivity contribution is -0.118. The summed E-state index contributed by atoms with van der Waals surface area (Å²) in [4.78, 5) is 12.6. The third kappa shape index (κ3) is 2.74. The smallest absolute Gasteiger partial charge is 0.235 e. The van der Waals surface area contributed by atoms with E-state index in [0.717, 1.165) is 29.8 Å². The lowest BCUT2D eigenvalue weighted by Crippen LogP contribution is -2.27. The van der Waals surface area contributed by atoms with E-state index < -0.39 is 5.41 Å². The monoisotopic (exact) mass is 301 g/mol. The van der Waals surface area contributed by atoms with Gasteiger partial charge in [-0.1, -0.05) is 23.7 Å². The van der Waals surface area contributed by atoms with Crippen LogP contribution in [0, 0.1) is 0 Å². The number of halogens is 1. The summed E-state index contributed by atoms with van der Waals surface area (Å²) in [6.45, 7) is 0. The van der Waals surface area contributed by atoms with Crippen molar-refractivity contribution >= 4 is 23.2 Å². The molecule has 3 nitrogen and oxygen atoms in total. The van der Waals surface area contributed by atoms with Crippen LogP contribution in [-0.4, -0.2) is 13.0 Å². The van der Waals surface area contributed by atoms with Crippen molar-refractivity contribution in [3.63, 3.8) is 0 Å². The zero-order valence-corrected chi connectivity index (χ0v) is 12.5. The highest BCUT2D eigenvalue weighted by molar-refractivity contribution is 6.30. The highest BCUT2D eigenvalue weighted by Crippen LogP contribution is 2.49. The molecule has 0 aromatic heterocycles. The van der Waals surface area contributed by atoms with Crippen LogP contribution in [0.15, 0.2) is 48.5 Å². The molecule has 2 aromatic carbocycles. The quantitative estimate of drug-likeness (QED) is 0.926. The molecule has 1 aliphatic rings. The van der Waals surface area contributed by atoms with Crippen LogP contribution in [0.2, 0.25) is 5.02 Å². The number of hydrogen-bond acceptors (Lipinski definition) is 2. The second-order valence-electron chi connectivity index (χ2n) is 5.28. The first-order chi connectivity index (χ1) is 10.1. The zero-order valence-electron chi connectivity index (χ0n) is 11.7. The second-order valence-corrected chi connectivity index (χ2v) is 5.71. The number of methoxy groups -OCH3 is 1. The van der Waals surface area contributed by atoms with Gasteiger partial charge < -0.3 is 10.1 Å². The van der Waals surface area contributed by atoms with Gasteiger partial charge in [-0.2, -0.15) is 0 Å². The van der Waals surface area contributed by atoms with E-state index >= 15 is 0 Å². The summed E-state index contributed by atoms with van der Waals surface area (Å²) in [7, 11) is 1.62. The molecule has 0 atom stereocenters. The number of hydrogen-bond donors (Lipinski definition) is 1. The molecule has 0 saturated heterocycles. The number of carbonyl (C=O) groups is 1. The predicted octanol–water partition coefficient (Wildman–Crippen LogP) is 4.02. The summed E-state index contributed by atoms with van der Waals surface area (Å²) in [5.74, 6) is 0.791. The Hall–Kier alpha value is -2.00. The first kappa shape index (κ1) is 14.0. The number of nitrogens with one attached hydrogen (secondary N) is 1. The minimum absolute atomic E-state index is 0.0231. The first-order valence-electron chi connectivity index (χ1n) is 6.86. The van der Waals surface area contributed by atoms with Crippen molar-refractivity contribution in [1.29, 1.82) is 0 Å². The van der Waals surface area contributed by atoms with E-state index in [4.69, 9.17) is 16.3 Å². The molecular weight excluding hydrogens is 286 g/mol. The Balaban J connectivity index is 1.78. The zero-order chi connectivity index (χ0) is 14.9. The van der Waals surface area contributed by atoms with Gasteiger partial charge in [-0.05, 0) is 54.8 Å². The Morgan fingerprint density at radius 2 is 1.90 bits per heavy atom. The molecule has 4 heteroatoms. The molecule has 0 spiro atoms. The van der Waals surface area contributed by atoms with Crippen molar-refractivity contribution in [2.75, 3.05) is 12.4 Å². The lowest BCUT2D eigenvalue weighted by atomic mass is 9.95. The molecule has 2 aromatic rings. The standard InChI is InChI=1S/C17H16ClNO2/c1-21-15-7-5-14(6-8-15)19-16(20)17(9-10-17)12-3-2-4-13(18)11-12/h2-8,11H,9-10H2,1H3,(H,19,20). The topological polar surface area (TPSA) is 38.3 Å². The van der Waals surface area contributed by atoms with Crippen LogP contribution in [0.4, 0.5) is 5.69 Å². The number of amides is 1. The highest BCUT2D eigenvalue weighted by atomic mass is 35.5. The van der Waals surface area contributed by atoms with E-state index in [1.165, 1.54) is 0 Å². The molecule has 0 radical (unpaired) electrons. The summed E-state index contributed by atoms with van der Waals surface area (Å²) in [5, 5.41) is 3.64. The Kier molecular flexibility index (Phi) is 3.60. The molecule has 0 unspecified atom stereocenters. The van der Waals surface area contributed by atoms with Crippen molar-refractivity contribution in [3.8, 4) is 5.75 Å². The van der Waals surface area contributed by atoms with Crippen LogP contribution in [-0.2, 0) is 10.2 Å². The largest absolute Gasteiger partial charge is 0.497 e. The van der Waals surface area contributed by atoms with Crippen LogP contribution < -0.4 is 10.1 Å². The van der Waals surface area contributed by atoms with E-state index in [0.29, 0.717) is 5.02 Å². The van der Waals surface area contributed by atoms with E-state index in [1.54, 1.807) is 7.11 Å². The number of ether oxygens (including phenoxy) is 1. The number of benzene rings is 2. The Morgan fingerprint density at radius 3 is 2.48 bits per heavy atom. The van der Waals surface area contributed by atoms with Crippen LogP contribution in [0.3, 0.4) is 0 Å². The van der Waals surface area contributed by atoms with Crippen LogP contribution in [0.5, 0.6) is 5.75 Å². The minimum atomic E-state index is -0.426. The summed E-state index contributed by atoms with van der Waals surface area (Å²) >= 11 is 6.03. The molecule has 1 saturated carbocycles. The Morgan fingerprint density at radius 1 is 1.19 bits per heavy atom. The van der Waals surface area contributed by atoms with Gasteiger partial charge in [-0.3, -0.25) is 4.79 Å². The van der Waals surface area contributed by atoms with Crippen LogP contribution >= 0.6 is 11.6 Å². The summed E-state index contributed by atoms with van der Waals surface area (Å²) in [6.07, 6.45) is 1.71. The average Bonchev–Trinajstić information content (AvgIpc) is 3.30. The second kappa shape index (κ2) is 5.41. The molecule has 0 heterocycles.